The molecule has 5 nitrogen and oxygen atoms in total. The van der Waals surface area contributed by atoms with Crippen molar-refractivity contribution in [2.24, 2.45) is 0 Å². The van der Waals surface area contributed by atoms with E-state index in [1.807, 2.05) is 30.3 Å². The Balaban J connectivity index is 1.94. The summed E-state index contributed by atoms with van der Waals surface area (Å²) in [7, 11) is 1.56. The van der Waals surface area contributed by atoms with Gasteiger partial charge in [0.05, 0.1) is 12.7 Å². The molecule has 0 bridgehead atoms. The predicted molar refractivity (Wildman–Crippen MR) is 96.8 cm³/mol. The third kappa shape index (κ3) is 4.82. The van der Waals surface area contributed by atoms with Crippen molar-refractivity contribution in [2.75, 3.05) is 7.11 Å². The summed E-state index contributed by atoms with van der Waals surface area (Å²) in [5.74, 6) is -0.135. The van der Waals surface area contributed by atoms with E-state index in [0.29, 0.717) is 11.3 Å². The fraction of sp³-hybridized carbons (Fsp3) is 0.0588. The van der Waals surface area contributed by atoms with Crippen LogP contribution in [-0.4, -0.2) is 18.9 Å². The topological polar surface area (TPSA) is 67.4 Å². The summed E-state index contributed by atoms with van der Waals surface area (Å²) >= 11 is 2.06. The number of ether oxygens (including phenoxy) is 1. The van der Waals surface area contributed by atoms with Gasteiger partial charge in [-0.05, 0) is 46.9 Å². The molecular weight excluding hydrogens is 407 g/mol. The van der Waals surface area contributed by atoms with Crippen molar-refractivity contribution >= 4 is 40.5 Å². The third-order valence-electron chi connectivity index (χ3n) is 2.97. The molecular formula is C17H15IN2O3. The monoisotopic (exact) mass is 422 g/mol. The van der Waals surface area contributed by atoms with E-state index in [9.17, 15) is 9.59 Å². The van der Waals surface area contributed by atoms with E-state index in [4.69, 9.17) is 4.74 Å². The molecule has 2 amide bonds. The van der Waals surface area contributed by atoms with Gasteiger partial charge < -0.3 is 4.74 Å². The van der Waals surface area contributed by atoms with Gasteiger partial charge in [0.25, 0.3) is 11.8 Å². The standard InChI is InChI=1S/C17H15IN2O3/c1-23-15-9-5-2-6-12(15)10-11-16(21)19-20-17(22)13-7-3-4-8-14(13)18/h2-11H,1H3,(H,19,21)(H,20,22)/b11-10+. The summed E-state index contributed by atoms with van der Waals surface area (Å²) in [6.45, 7) is 0. The quantitative estimate of drug-likeness (QED) is 0.453. The lowest BCUT2D eigenvalue weighted by atomic mass is 10.2. The van der Waals surface area contributed by atoms with E-state index in [1.54, 1.807) is 31.4 Å². The molecule has 2 rings (SSSR count). The van der Waals surface area contributed by atoms with Crippen LogP contribution in [-0.2, 0) is 4.79 Å². The zero-order chi connectivity index (χ0) is 16.7. The van der Waals surface area contributed by atoms with Gasteiger partial charge in [-0.25, -0.2) is 0 Å². The summed E-state index contributed by atoms with van der Waals surface area (Å²) in [5, 5.41) is 0. The number of rotatable bonds is 4. The van der Waals surface area contributed by atoms with E-state index in [0.717, 1.165) is 9.13 Å². The summed E-state index contributed by atoms with van der Waals surface area (Å²) < 4.78 is 6.00. The molecule has 0 fully saturated rings. The fourth-order valence-electron chi connectivity index (χ4n) is 1.84. The maximum atomic E-state index is 12.0. The summed E-state index contributed by atoms with van der Waals surface area (Å²) in [5.41, 5.74) is 6.00. The number of carbonyl (C=O) groups excluding carboxylic acids is 2. The lowest BCUT2D eigenvalue weighted by Crippen LogP contribution is -2.41. The molecule has 0 radical (unpaired) electrons. The van der Waals surface area contributed by atoms with Gasteiger partial charge >= 0.3 is 0 Å². The molecule has 0 saturated heterocycles. The van der Waals surface area contributed by atoms with E-state index >= 15 is 0 Å². The summed E-state index contributed by atoms with van der Waals surface area (Å²) in [4.78, 5) is 23.8. The molecule has 2 aromatic carbocycles. The molecule has 6 heteroatoms. The highest BCUT2D eigenvalue weighted by Crippen LogP contribution is 2.18. The van der Waals surface area contributed by atoms with Gasteiger partial charge in [0, 0.05) is 15.2 Å². The SMILES string of the molecule is COc1ccccc1/C=C/C(=O)NNC(=O)c1ccccc1I. The van der Waals surface area contributed by atoms with Crippen LogP contribution in [0.15, 0.2) is 54.6 Å². The van der Waals surface area contributed by atoms with Crippen LogP contribution in [0.25, 0.3) is 6.08 Å². The molecule has 0 saturated carbocycles. The van der Waals surface area contributed by atoms with Crippen molar-refractivity contribution in [1.29, 1.82) is 0 Å². The lowest BCUT2D eigenvalue weighted by molar-refractivity contribution is -0.117. The van der Waals surface area contributed by atoms with Gasteiger partial charge in [0.2, 0.25) is 0 Å². The highest BCUT2D eigenvalue weighted by molar-refractivity contribution is 14.1. The number of hydrazine groups is 1. The van der Waals surface area contributed by atoms with E-state index in [2.05, 4.69) is 33.4 Å². The Morgan fingerprint density at radius 1 is 1.04 bits per heavy atom. The molecule has 0 aromatic heterocycles. The van der Waals surface area contributed by atoms with Gasteiger partial charge in [-0.1, -0.05) is 30.3 Å². The van der Waals surface area contributed by atoms with E-state index in [1.165, 1.54) is 6.08 Å². The van der Waals surface area contributed by atoms with Crippen LogP contribution in [0.1, 0.15) is 15.9 Å². The van der Waals surface area contributed by atoms with Crippen LogP contribution in [0.4, 0.5) is 0 Å². The number of carbonyl (C=O) groups is 2. The number of halogens is 1. The number of hydrogen-bond donors (Lipinski definition) is 2. The van der Waals surface area contributed by atoms with E-state index < -0.39 is 5.91 Å². The number of para-hydroxylation sites is 1. The Kier molecular flexibility index (Phi) is 6.16. The Morgan fingerprint density at radius 3 is 2.48 bits per heavy atom. The van der Waals surface area contributed by atoms with Crippen molar-refractivity contribution < 1.29 is 14.3 Å². The van der Waals surface area contributed by atoms with Crippen molar-refractivity contribution in [3.8, 4) is 5.75 Å². The third-order valence-corrected chi connectivity index (χ3v) is 3.91. The number of methoxy groups -OCH3 is 1. The van der Waals surface area contributed by atoms with Gasteiger partial charge in [-0.15, -0.1) is 0 Å². The Bertz CT molecular complexity index is 744. The first-order chi connectivity index (χ1) is 11.1. The molecule has 0 atom stereocenters. The Labute approximate surface area is 147 Å². The van der Waals surface area contributed by atoms with Gasteiger partial charge in [0.15, 0.2) is 0 Å². The number of amides is 2. The molecule has 0 aliphatic rings. The zero-order valence-corrected chi connectivity index (χ0v) is 14.5. The smallest absolute Gasteiger partial charge is 0.270 e. The summed E-state index contributed by atoms with van der Waals surface area (Å²) in [6.07, 6.45) is 2.95. The molecule has 0 heterocycles. The van der Waals surface area contributed by atoms with Crippen molar-refractivity contribution in [1.82, 2.24) is 10.9 Å². The average molecular weight is 422 g/mol. The summed E-state index contributed by atoms with van der Waals surface area (Å²) in [6, 6.07) is 14.4. The second-order valence-corrected chi connectivity index (χ2v) is 5.66. The minimum Gasteiger partial charge on any atom is -0.496 e. The molecule has 2 N–H and O–H groups in total. The first-order valence-electron chi connectivity index (χ1n) is 6.77. The minimum atomic E-state index is -0.435. The lowest BCUT2D eigenvalue weighted by Gasteiger charge is -2.07. The minimum absolute atomic E-state index is 0.367. The van der Waals surface area contributed by atoms with Crippen LogP contribution >= 0.6 is 22.6 Å². The normalized spacial score (nSPS) is 10.3. The second-order valence-electron chi connectivity index (χ2n) is 4.50. The number of hydrogen-bond acceptors (Lipinski definition) is 3. The van der Waals surface area contributed by atoms with Crippen LogP contribution in [0, 0.1) is 3.57 Å². The van der Waals surface area contributed by atoms with Crippen molar-refractivity contribution in [3.05, 3.63) is 69.3 Å². The first kappa shape index (κ1) is 17.0. The largest absolute Gasteiger partial charge is 0.496 e. The van der Waals surface area contributed by atoms with Crippen molar-refractivity contribution in [2.45, 2.75) is 0 Å². The predicted octanol–water partition coefficient (Wildman–Crippen LogP) is 2.77. The average Bonchev–Trinajstić information content (AvgIpc) is 2.58. The molecule has 23 heavy (non-hydrogen) atoms. The second kappa shape index (κ2) is 8.33. The molecule has 0 aliphatic carbocycles. The maximum Gasteiger partial charge on any atom is 0.270 e. The van der Waals surface area contributed by atoms with E-state index in [-0.39, 0.29) is 5.91 Å². The molecule has 2 aromatic rings. The van der Waals surface area contributed by atoms with Crippen molar-refractivity contribution in [3.63, 3.8) is 0 Å². The zero-order valence-electron chi connectivity index (χ0n) is 12.4. The highest BCUT2D eigenvalue weighted by atomic mass is 127. The number of nitrogens with one attached hydrogen (secondary N) is 2. The molecule has 118 valence electrons. The first-order valence-corrected chi connectivity index (χ1v) is 7.85. The molecule has 0 unspecified atom stereocenters. The molecule has 0 aliphatic heterocycles. The molecule has 0 spiro atoms. The fourth-order valence-corrected chi connectivity index (χ4v) is 2.47. The van der Waals surface area contributed by atoms with Crippen LogP contribution in [0.5, 0.6) is 5.75 Å². The van der Waals surface area contributed by atoms with Crippen LogP contribution < -0.4 is 15.6 Å². The van der Waals surface area contributed by atoms with Gasteiger partial charge in [-0.3, -0.25) is 20.4 Å². The Hall–Kier alpha value is -2.35. The number of benzene rings is 2. The van der Waals surface area contributed by atoms with Gasteiger partial charge in [0.1, 0.15) is 5.75 Å². The van der Waals surface area contributed by atoms with Gasteiger partial charge in [-0.2, -0.15) is 0 Å². The maximum absolute atomic E-state index is 12.0. The Morgan fingerprint density at radius 2 is 1.74 bits per heavy atom. The van der Waals surface area contributed by atoms with Crippen LogP contribution in [0.3, 0.4) is 0 Å². The van der Waals surface area contributed by atoms with Crippen LogP contribution in [0.2, 0.25) is 0 Å². The highest BCUT2D eigenvalue weighted by Gasteiger charge is 2.09.